The minimum absolute atomic E-state index is 0.324. The van der Waals surface area contributed by atoms with Crippen molar-refractivity contribution in [2.24, 2.45) is 0 Å². The van der Waals surface area contributed by atoms with Gasteiger partial charge in [-0.25, -0.2) is 13.8 Å². The van der Waals surface area contributed by atoms with Gasteiger partial charge in [0.15, 0.2) is 0 Å². The predicted octanol–water partition coefficient (Wildman–Crippen LogP) is 1.65. The van der Waals surface area contributed by atoms with Crippen LogP contribution < -0.4 is 4.74 Å². The minimum atomic E-state index is -3.08. The molecule has 0 atom stereocenters. The van der Waals surface area contributed by atoms with Crippen LogP contribution in [0.25, 0.3) is 0 Å². The first kappa shape index (κ1) is 14.7. The molecule has 0 N–H and O–H groups in total. The van der Waals surface area contributed by atoms with E-state index in [4.69, 9.17) is 0 Å². The van der Waals surface area contributed by atoms with Crippen molar-refractivity contribution in [2.75, 3.05) is 14.2 Å². The fraction of sp³-hybridized carbons (Fsp3) is 0.400. The molecule has 104 valence electrons. The van der Waals surface area contributed by atoms with Gasteiger partial charge in [-0.15, -0.1) is 0 Å². The summed E-state index contributed by atoms with van der Waals surface area (Å²) in [7, 11) is 2.19. The summed E-state index contributed by atoms with van der Waals surface area (Å²) in [5.41, 5.74) is -2.00. The van der Waals surface area contributed by atoms with Crippen LogP contribution in [0.3, 0.4) is 0 Å². The summed E-state index contributed by atoms with van der Waals surface area (Å²) in [6, 6.07) is 0.879. The Morgan fingerprint density at radius 3 is 2.58 bits per heavy atom. The fourth-order valence-corrected chi connectivity index (χ4v) is 1.40. The van der Waals surface area contributed by atoms with Gasteiger partial charge >= 0.3 is 5.97 Å². The molecule has 0 aliphatic rings. The number of halogens is 2. The van der Waals surface area contributed by atoms with Crippen molar-refractivity contribution in [1.29, 1.82) is 0 Å². The topological polar surface area (TPSA) is 91.6 Å². The summed E-state index contributed by atoms with van der Waals surface area (Å²) in [6.07, 6.45) is -3.74. The lowest BCUT2D eigenvalue weighted by Gasteiger charge is -2.09. The Morgan fingerprint density at radius 2 is 2.16 bits per heavy atom. The third-order valence-corrected chi connectivity index (χ3v) is 2.27. The van der Waals surface area contributed by atoms with Gasteiger partial charge in [-0.2, -0.15) is 0 Å². The number of hydrogen-bond donors (Lipinski definition) is 0. The number of carbonyl (C=O) groups excluding carboxylic acids is 1. The van der Waals surface area contributed by atoms with Crippen molar-refractivity contribution in [3.05, 3.63) is 27.4 Å². The van der Waals surface area contributed by atoms with Gasteiger partial charge in [0.05, 0.1) is 37.2 Å². The Bertz CT molecular complexity index is 507. The molecule has 0 bridgehead atoms. The van der Waals surface area contributed by atoms with Crippen molar-refractivity contribution in [2.45, 2.75) is 12.8 Å². The quantitative estimate of drug-likeness (QED) is 0.461. The number of ether oxygens (including phenoxy) is 2. The average molecular weight is 276 g/mol. The Balaban J connectivity index is 3.44. The standard InChI is InChI=1S/C10H10F2N2O5/c1-18-7-4-6(14(16)17)5(3-8(15)19-2)9(13-7)10(11)12/h4,10H,3H2,1-2H3. The van der Waals surface area contributed by atoms with Crippen molar-refractivity contribution in [3.63, 3.8) is 0 Å². The highest BCUT2D eigenvalue weighted by Gasteiger charge is 2.28. The normalized spacial score (nSPS) is 10.4. The van der Waals surface area contributed by atoms with E-state index < -0.39 is 40.7 Å². The van der Waals surface area contributed by atoms with Crippen LogP contribution in [0.5, 0.6) is 5.88 Å². The van der Waals surface area contributed by atoms with Gasteiger partial charge in [-0.1, -0.05) is 0 Å². The summed E-state index contributed by atoms with van der Waals surface area (Å²) in [5, 5.41) is 10.9. The number of nitro groups is 1. The number of methoxy groups -OCH3 is 2. The number of carbonyl (C=O) groups is 1. The molecule has 0 amide bonds. The van der Waals surface area contributed by atoms with E-state index in [1.807, 2.05) is 0 Å². The first-order valence-corrected chi connectivity index (χ1v) is 4.97. The number of rotatable bonds is 5. The molecule has 0 aromatic carbocycles. The number of esters is 1. The van der Waals surface area contributed by atoms with Crippen molar-refractivity contribution in [1.82, 2.24) is 4.98 Å². The molecule has 0 fully saturated rings. The number of pyridine rings is 1. The Labute approximate surface area is 106 Å². The van der Waals surface area contributed by atoms with E-state index in [1.54, 1.807) is 0 Å². The maximum Gasteiger partial charge on any atom is 0.310 e. The fourth-order valence-electron chi connectivity index (χ4n) is 1.40. The molecule has 1 rings (SSSR count). The summed E-state index contributed by atoms with van der Waals surface area (Å²) in [6.45, 7) is 0. The second-order valence-corrected chi connectivity index (χ2v) is 3.36. The number of alkyl halides is 2. The molecular weight excluding hydrogens is 266 g/mol. The lowest BCUT2D eigenvalue weighted by Crippen LogP contribution is -2.12. The molecule has 0 spiro atoms. The Hall–Kier alpha value is -2.32. The monoisotopic (exact) mass is 276 g/mol. The van der Waals surface area contributed by atoms with E-state index >= 15 is 0 Å². The van der Waals surface area contributed by atoms with E-state index in [-0.39, 0.29) is 5.88 Å². The zero-order chi connectivity index (χ0) is 14.6. The number of hydrogen-bond acceptors (Lipinski definition) is 6. The smallest absolute Gasteiger partial charge is 0.310 e. The van der Waals surface area contributed by atoms with Crippen LogP contribution in [0.4, 0.5) is 14.5 Å². The first-order chi connectivity index (χ1) is 8.90. The molecule has 0 saturated heterocycles. The van der Waals surface area contributed by atoms with Gasteiger partial charge in [0.25, 0.3) is 12.1 Å². The second-order valence-electron chi connectivity index (χ2n) is 3.36. The van der Waals surface area contributed by atoms with Crippen LogP contribution in [0, 0.1) is 10.1 Å². The molecule has 9 heteroatoms. The zero-order valence-corrected chi connectivity index (χ0v) is 10.1. The van der Waals surface area contributed by atoms with E-state index in [2.05, 4.69) is 14.5 Å². The highest BCUT2D eigenvalue weighted by atomic mass is 19.3. The molecule has 1 aromatic heterocycles. The van der Waals surface area contributed by atoms with Gasteiger partial charge < -0.3 is 9.47 Å². The van der Waals surface area contributed by atoms with E-state index in [0.29, 0.717) is 0 Å². The van der Waals surface area contributed by atoms with Gasteiger partial charge in [0, 0.05) is 0 Å². The lowest BCUT2D eigenvalue weighted by molar-refractivity contribution is -0.385. The summed E-state index contributed by atoms with van der Waals surface area (Å²) >= 11 is 0. The van der Waals surface area contributed by atoms with Crippen LogP contribution in [0.2, 0.25) is 0 Å². The summed E-state index contributed by atoms with van der Waals surface area (Å²) < 4.78 is 34.6. The Morgan fingerprint density at radius 1 is 1.53 bits per heavy atom. The van der Waals surface area contributed by atoms with Crippen LogP contribution in [-0.2, 0) is 16.0 Å². The maximum atomic E-state index is 12.8. The van der Waals surface area contributed by atoms with Crippen molar-refractivity contribution in [3.8, 4) is 5.88 Å². The number of nitrogens with zero attached hydrogens (tertiary/aromatic N) is 2. The molecule has 0 radical (unpaired) electrons. The minimum Gasteiger partial charge on any atom is -0.481 e. The van der Waals surface area contributed by atoms with E-state index in [9.17, 15) is 23.7 Å². The van der Waals surface area contributed by atoms with Crippen LogP contribution in [0.1, 0.15) is 17.7 Å². The van der Waals surface area contributed by atoms with Crippen LogP contribution in [-0.4, -0.2) is 30.1 Å². The molecule has 0 aliphatic carbocycles. The molecular formula is C10H10F2N2O5. The third kappa shape index (κ3) is 3.33. The second kappa shape index (κ2) is 6.03. The molecule has 0 unspecified atom stereocenters. The zero-order valence-electron chi connectivity index (χ0n) is 10.1. The SMILES string of the molecule is COC(=O)Cc1c([N+](=O)[O-])cc(OC)nc1C(F)F. The molecule has 7 nitrogen and oxygen atoms in total. The molecule has 1 aromatic rings. The summed E-state index contributed by atoms with van der Waals surface area (Å²) in [5.74, 6) is -1.20. The van der Waals surface area contributed by atoms with E-state index in [1.165, 1.54) is 0 Å². The van der Waals surface area contributed by atoms with Gasteiger partial charge in [-0.05, 0) is 0 Å². The molecule has 0 saturated carbocycles. The largest absolute Gasteiger partial charge is 0.481 e. The predicted molar refractivity (Wildman–Crippen MR) is 58.1 cm³/mol. The lowest BCUT2D eigenvalue weighted by atomic mass is 10.1. The van der Waals surface area contributed by atoms with Crippen molar-refractivity contribution < 1.29 is 28.0 Å². The Kier molecular flexibility index (Phi) is 4.67. The molecule has 1 heterocycles. The highest BCUT2D eigenvalue weighted by molar-refractivity contribution is 5.74. The molecule has 0 aliphatic heterocycles. The van der Waals surface area contributed by atoms with Gasteiger partial charge in [0.2, 0.25) is 5.88 Å². The highest BCUT2D eigenvalue weighted by Crippen LogP contribution is 2.32. The van der Waals surface area contributed by atoms with Gasteiger partial charge in [-0.3, -0.25) is 14.9 Å². The first-order valence-electron chi connectivity index (χ1n) is 4.97. The van der Waals surface area contributed by atoms with Crippen LogP contribution >= 0.6 is 0 Å². The van der Waals surface area contributed by atoms with Crippen molar-refractivity contribution >= 4 is 11.7 Å². The van der Waals surface area contributed by atoms with E-state index in [0.717, 1.165) is 20.3 Å². The third-order valence-electron chi connectivity index (χ3n) is 2.27. The van der Waals surface area contributed by atoms with Gasteiger partial charge in [0.1, 0.15) is 5.69 Å². The van der Waals surface area contributed by atoms with Crippen LogP contribution in [0.15, 0.2) is 6.07 Å². The average Bonchev–Trinajstić information content (AvgIpc) is 2.37. The summed E-state index contributed by atoms with van der Waals surface area (Å²) in [4.78, 5) is 24.6. The number of aromatic nitrogens is 1. The molecule has 19 heavy (non-hydrogen) atoms. The maximum absolute atomic E-state index is 12.8.